The lowest BCUT2D eigenvalue weighted by Crippen LogP contribution is -2.49. The number of hydrogen-bond donors (Lipinski definition) is 3. The van der Waals surface area contributed by atoms with E-state index in [1.54, 1.807) is 27.6 Å². The van der Waals surface area contributed by atoms with Gasteiger partial charge < -0.3 is 15.5 Å². The Morgan fingerprint density at radius 1 is 0.791 bits per heavy atom. The van der Waals surface area contributed by atoms with Crippen molar-refractivity contribution < 1.29 is 29.4 Å². The van der Waals surface area contributed by atoms with Gasteiger partial charge in [0.15, 0.2) is 0 Å². The zero-order chi connectivity index (χ0) is 31.2. The predicted molar refractivity (Wildman–Crippen MR) is 157 cm³/mol. The Balaban J connectivity index is 1.62. The van der Waals surface area contributed by atoms with Crippen LogP contribution in [0.3, 0.4) is 0 Å². The largest absolute Gasteiger partial charge is 0.480 e. The molecule has 3 N–H and O–H groups in total. The quantitative estimate of drug-likeness (QED) is 0.278. The molecule has 1 aromatic carbocycles. The van der Waals surface area contributed by atoms with Crippen molar-refractivity contribution in [1.29, 1.82) is 0 Å². The van der Waals surface area contributed by atoms with Crippen LogP contribution in [0.25, 0.3) is 5.69 Å². The third kappa shape index (κ3) is 12.3. The number of rotatable bonds is 11. The number of ketones is 1. The second kappa shape index (κ2) is 17.1. The zero-order valence-electron chi connectivity index (χ0n) is 24.7. The van der Waals surface area contributed by atoms with Gasteiger partial charge in [-0.25, -0.2) is 4.68 Å². The van der Waals surface area contributed by atoms with Crippen molar-refractivity contribution in [3.8, 4) is 17.5 Å². The van der Waals surface area contributed by atoms with E-state index in [9.17, 15) is 29.4 Å². The van der Waals surface area contributed by atoms with Crippen LogP contribution < -0.4 is 5.32 Å². The molecule has 1 aliphatic heterocycles. The van der Waals surface area contributed by atoms with Crippen molar-refractivity contribution in [3.63, 3.8) is 0 Å². The smallest absolute Gasteiger partial charge is 0.317 e. The summed E-state index contributed by atoms with van der Waals surface area (Å²) in [6.07, 6.45) is 1.74. The summed E-state index contributed by atoms with van der Waals surface area (Å²) in [5.41, 5.74) is 2.31. The minimum atomic E-state index is -0.979. The molecule has 0 bridgehead atoms. The van der Waals surface area contributed by atoms with Gasteiger partial charge in [-0.3, -0.25) is 38.8 Å². The monoisotopic (exact) mass is 596 g/mol. The summed E-state index contributed by atoms with van der Waals surface area (Å²) in [4.78, 5) is 55.1. The maximum atomic E-state index is 12.9. The second-order valence-corrected chi connectivity index (χ2v) is 10.4. The topological polar surface area (TPSA) is 164 Å². The van der Waals surface area contributed by atoms with Crippen molar-refractivity contribution in [2.75, 3.05) is 78.5 Å². The number of carboxylic acids is 2. The Bertz CT molecular complexity index is 1270. The van der Waals surface area contributed by atoms with Gasteiger partial charge in [0.1, 0.15) is 11.5 Å². The molecule has 0 saturated carbocycles. The molecule has 232 valence electrons. The molecule has 0 spiro atoms. The van der Waals surface area contributed by atoms with E-state index >= 15 is 0 Å². The molecule has 3 rings (SSSR count). The molecular weight excluding hydrogens is 556 g/mol. The summed E-state index contributed by atoms with van der Waals surface area (Å²) in [5, 5.41) is 29.9. The number of aliphatic carboxylic acids is 2. The highest BCUT2D eigenvalue weighted by atomic mass is 16.4. The van der Waals surface area contributed by atoms with Crippen LogP contribution in [0.1, 0.15) is 25.1 Å². The maximum Gasteiger partial charge on any atom is 0.317 e. The van der Waals surface area contributed by atoms with Gasteiger partial charge in [-0.05, 0) is 38.1 Å². The highest BCUT2D eigenvalue weighted by molar-refractivity contribution is 5.78. The number of carbonyl (C=O) groups excluding carboxylic acids is 2. The second-order valence-electron chi connectivity index (χ2n) is 10.4. The first-order valence-electron chi connectivity index (χ1n) is 14.1. The van der Waals surface area contributed by atoms with Gasteiger partial charge >= 0.3 is 11.9 Å². The lowest BCUT2D eigenvalue weighted by atomic mass is 10.2. The van der Waals surface area contributed by atoms with E-state index in [-0.39, 0.29) is 44.4 Å². The van der Waals surface area contributed by atoms with E-state index < -0.39 is 11.9 Å². The zero-order valence-corrected chi connectivity index (χ0v) is 24.7. The predicted octanol–water partition coefficient (Wildman–Crippen LogP) is -0.765. The van der Waals surface area contributed by atoms with E-state index in [2.05, 4.69) is 27.5 Å². The number of hydrogen-bond acceptors (Lipinski definition) is 10. The van der Waals surface area contributed by atoms with E-state index in [1.807, 2.05) is 34.1 Å². The molecule has 2 heterocycles. The van der Waals surface area contributed by atoms with Crippen molar-refractivity contribution in [3.05, 3.63) is 41.7 Å². The fourth-order valence-corrected chi connectivity index (χ4v) is 4.70. The van der Waals surface area contributed by atoms with Crippen LogP contribution >= 0.6 is 0 Å². The number of nitrogens with zero attached hydrogens (tertiary/aromatic N) is 7. The fraction of sp³-hybridized carbons (Fsp3) is 0.517. The minimum Gasteiger partial charge on any atom is -0.480 e. The van der Waals surface area contributed by atoms with Crippen LogP contribution in [0.5, 0.6) is 0 Å². The molecule has 14 heteroatoms. The van der Waals surface area contributed by atoms with Crippen molar-refractivity contribution in [2.45, 2.75) is 20.4 Å². The lowest BCUT2D eigenvalue weighted by molar-refractivity contribution is -0.140. The molecule has 1 saturated heterocycles. The van der Waals surface area contributed by atoms with Gasteiger partial charge in [-0.1, -0.05) is 11.1 Å². The normalized spacial score (nSPS) is 16.3. The van der Waals surface area contributed by atoms with Crippen molar-refractivity contribution >= 4 is 23.6 Å². The SMILES string of the molecule is CC#Cc1ccc(-n2cc(CNC(=O)CN3CCN(CC(C)=O)CCN(CC(=O)O)CCN(CC(=O)O)CC3)nn2)cc1. The molecule has 1 aliphatic rings. The van der Waals surface area contributed by atoms with E-state index in [1.165, 1.54) is 6.92 Å². The first kappa shape index (κ1) is 33.3. The van der Waals surface area contributed by atoms with E-state index in [0.29, 0.717) is 58.1 Å². The molecule has 0 radical (unpaired) electrons. The molecule has 43 heavy (non-hydrogen) atoms. The molecule has 1 fully saturated rings. The minimum absolute atomic E-state index is 0.00701. The number of nitrogens with one attached hydrogen (secondary N) is 1. The Kier molecular flexibility index (Phi) is 13.2. The Morgan fingerprint density at radius 3 is 1.74 bits per heavy atom. The van der Waals surface area contributed by atoms with Gasteiger partial charge in [0, 0.05) is 57.9 Å². The number of benzene rings is 1. The van der Waals surface area contributed by atoms with Crippen LogP contribution in [0.2, 0.25) is 0 Å². The van der Waals surface area contributed by atoms with Gasteiger partial charge in [0.25, 0.3) is 0 Å². The first-order chi connectivity index (χ1) is 20.6. The van der Waals surface area contributed by atoms with Crippen molar-refractivity contribution in [1.82, 2.24) is 39.9 Å². The van der Waals surface area contributed by atoms with Gasteiger partial charge in [0.2, 0.25) is 5.91 Å². The molecule has 1 amide bonds. The Morgan fingerprint density at radius 2 is 1.28 bits per heavy atom. The Hall–Kier alpha value is -4.16. The van der Waals surface area contributed by atoms with Gasteiger partial charge in [-0.15, -0.1) is 11.0 Å². The molecule has 14 nitrogen and oxygen atoms in total. The van der Waals surface area contributed by atoms with Crippen LogP contribution in [-0.4, -0.2) is 147 Å². The van der Waals surface area contributed by atoms with E-state index in [4.69, 9.17) is 0 Å². The standard InChI is InChI=1S/C29H40N8O6/c1-3-4-24-5-7-26(8-6-24)37-19-25(31-32-37)17-30-27(39)20-34-11-9-33(18-23(2)38)10-13-35(21-28(40)41)15-16-36(14-12-34)22-29(42)43/h5-8,19H,9-18,20-22H2,1-2H3,(H,30,39)(H,40,41)(H,42,43). The molecule has 1 aromatic heterocycles. The number of carbonyl (C=O) groups is 4. The summed E-state index contributed by atoms with van der Waals surface area (Å²) in [5.74, 6) is 3.67. The fourth-order valence-electron chi connectivity index (χ4n) is 4.70. The molecule has 0 atom stereocenters. The number of amides is 1. The molecule has 0 unspecified atom stereocenters. The van der Waals surface area contributed by atoms with Crippen LogP contribution in [0.15, 0.2) is 30.5 Å². The third-order valence-electron chi connectivity index (χ3n) is 6.87. The average Bonchev–Trinajstić information content (AvgIpc) is 3.42. The number of aromatic nitrogens is 3. The Labute approximate surface area is 251 Å². The maximum absolute atomic E-state index is 12.9. The summed E-state index contributed by atoms with van der Waals surface area (Å²) < 4.78 is 1.62. The van der Waals surface area contributed by atoms with Gasteiger partial charge in [0.05, 0.1) is 44.6 Å². The highest BCUT2D eigenvalue weighted by Gasteiger charge is 2.21. The van der Waals surface area contributed by atoms with Crippen LogP contribution in [-0.2, 0) is 25.7 Å². The van der Waals surface area contributed by atoms with Crippen LogP contribution in [0, 0.1) is 11.8 Å². The molecular formula is C29H40N8O6. The molecule has 2 aromatic rings. The lowest BCUT2D eigenvalue weighted by Gasteiger charge is -2.33. The summed E-state index contributed by atoms with van der Waals surface area (Å²) in [6.45, 7) is 6.77. The summed E-state index contributed by atoms with van der Waals surface area (Å²) in [7, 11) is 0. The summed E-state index contributed by atoms with van der Waals surface area (Å²) in [6, 6.07) is 7.57. The number of Topliss-reactive ketones (excluding diaryl/α,β-unsaturated/α-hetero) is 1. The van der Waals surface area contributed by atoms with E-state index in [0.717, 1.165) is 11.3 Å². The first-order valence-corrected chi connectivity index (χ1v) is 14.1. The molecule has 0 aliphatic carbocycles. The highest BCUT2D eigenvalue weighted by Crippen LogP contribution is 2.09. The van der Waals surface area contributed by atoms with Gasteiger partial charge in [-0.2, -0.15) is 0 Å². The average molecular weight is 597 g/mol. The van der Waals surface area contributed by atoms with Crippen molar-refractivity contribution in [2.24, 2.45) is 0 Å². The summed E-state index contributed by atoms with van der Waals surface area (Å²) >= 11 is 0. The third-order valence-corrected chi connectivity index (χ3v) is 6.87. The number of carboxylic acid groups (broad SMARTS) is 2. The van der Waals surface area contributed by atoms with Crippen LogP contribution in [0.4, 0.5) is 0 Å².